The largest absolute Gasteiger partial charge is 0.340 e. The molecule has 0 bridgehead atoms. The lowest BCUT2D eigenvalue weighted by atomic mass is 9.97. The minimum atomic E-state index is -0.997. The van der Waals surface area contributed by atoms with Crippen LogP contribution in [0.15, 0.2) is 97.5 Å². The normalized spacial score (nSPS) is 16.6. The second kappa shape index (κ2) is 18.6. The number of fused-ring (bicyclic) bond motifs is 1. The van der Waals surface area contributed by atoms with Crippen LogP contribution in [-0.4, -0.2) is 97.3 Å². The highest BCUT2D eigenvalue weighted by Crippen LogP contribution is 2.31. The third-order valence-corrected chi connectivity index (χ3v) is 11.6. The first-order valence-corrected chi connectivity index (χ1v) is 21.0. The molecule has 0 saturated carbocycles. The summed E-state index contributed by atoms with van der Waals surface area (Å²) in [5, 5.41) is 8.50. The van der Waals surface area contributed by atoms with Gasteiger partial charge in [0.25, 0.3) is 17.7 Å². The van der Waals surface area contributed by atoms with Crippen molar-refractivity contribution in [1.82, 2.24) is 35.0 Å². The topological polar surface area (TPSA) is 187 Å². The number of carbonyl (C=O) groups excluding carboxylic acids is 6. The van der Waals surface area contributed by atoms with Gasteiger partial charge in [0.2, 0.25) is 23.7 Å². The standard InChI is InChI=1S/C47H47N9O6/c1-30-12-17-35(27-38(30)52-47-49-22-20-37(51-47)34-9-6-21-48-28-34)50-43(59)33-15-13-31(14-16-33)29-54-23-25-55(26-24-54)41(58)11-4-2-3-7-32-8-5-10-36-42(32)46(62)56(45(36)61)39-18-19-40(57)53-44(39)60/h5-6,8-10,12-17,20-22,27-28,39H,2-4,7,11,18-19,23-26,29H2,1H3,(H,50,59)(H,49,51,52)(H,53,57,60). The molecule has 1 unspecified atom stereocenters. The fourth-order valence-corrected chi connectivity index (χ4v) is 8.15. The number of nitrogens with one attached hydrogen (secondary N) is 3. The number of amides is 6. The number of anilines is 3. The number of pyridine rings is 1. The Hall–Kier alpha value is -7.13. The highest BCUT2D eigenvalue weighted by Gasteiger charge is 2.45. The van der Waals surface area contributed by atoms with Crippen LogP contribution in [0.1, 0.15) is 86.3 Å². The number of hydrogen-bond donors (Lipinski definition) is 3. The van der Waals surface area contributed by atoms with Crippen molar-refractivity contribution in [3.63, 3.8) is 0 Å². The lowest BCUT2D eigenvalue weighted by Crippen LogP contribution is -2.54. The summed E-state index contributed by atoms with van der Waals surface area (Å²) in [6, 6.07) is 23.0. The first-order valence-electron chi connectivity index (χ1n) is 21.0. The summed E-state index contributed by atoms with van der Waals surface area (Å²) in [5.74, 6) is -1.70. The molecule has 1 atom stereocenters. The molecule has 2 fully saturated rings. The van der Waals surface area contributed by atoms with Crippen molar-refractivity contribution in [2.24, 2.45) is 0 Å². The molecule has 3 aliphatic rings. The second-order valence-corrected chi connectivity index (χ2v) is 15.8. The van der Waals surface area contributed by atoms with Gasteiger partial charge >= 0.3 is 0 Å². The predicted molar refractivity (Wildman–Crippen MR) is 231 cm³/mol. The third kappa shape index (κ3) is 9.42. The zero-order valence-electron chi connectivity index (χ0n) is 34.4. The van der Waals surface area contributed by atoms with Crippen LogP contribution in [0.2, 0.25) is 0 Å². The van der Waals surface area contributed by atoms with Crippen LogP contribution in [0.25, 0.3) is 11.3 Å². The first kappa shape index (κ1) is 41.6. The molecule has 3 aromatic carbocycles. The van der Waals surface area contributed by atoms with E-state index in [1.165, 1.54) is 0 Å². The number of carbonyl (C=O) groups is 6. The van der Waals surface area contributed by atoms with E-state index in [1.54, 1.807) is 30.7 Å². The van der Waals surface area contributed by atoms with Gasteiger partial charge in [-0.2, -0.15) is 0 Å². The molecule has 316 valence electrons. The summed E-state index contributed by atoms with van der Waals surface area (Å²) < 4.78 is 0. The molecule has 8 rings (SSSR count). The molecule has 62 heavy (non-hydrogen) atoms. The molecule has 0 radical (unpaired) electrons. The van der Waals surface area contributed by atoms with Gasteiger partial charge in [-0.05, 0) is 97.8 Å². The van der Waals surface area contributed by atoms with Gasteiger partial charge in [0.05, 0.1) is 16.8 Å². The van der Waals surface area contributed by atoms with Gasteiger partial charge in [-0.15, -0.1) is 0 Å². The molecule has 15 heteroatoms. The maximum atomic E-state index is 13.4. The minimum absolute atomic E-state index is 0.0724. The Morgan fingerprint density at radius 3 is 2.45 bits per heavy atom. The number of benzene rings is 3. The highest BCUT2D eigenvalue weighted by molar-refractivity contribution is 6.24. The lowest BCUT2D eigenvalue weighted by Gasteiger charge is -2.35. The minimum Gasteiger partial charge on any atom is -0.340 e. The summed E-state index contributed by atoms with van der Waals surface area (Å²) in [6.45, 7) is 5.47. The van der Waals surface area contributed by atoms with Crippen LogP contribution in [0.4, 0.5) is 17.3 Å². The van der Waals surface area contributed by atoms with E-state index in [0.29, 0.717) is 61.7 Å². The lowest BCUT2D eigenvalue weighted by molar-refractivity contribution is -0.136. The fraction of sp³-hybridized carbons (Fsp3) is 0.298. The van der Waals surface area contributed by atoms with Gasteiger partial charge in [-0.3, -0.25) is 48.9 Å². The summed E-state index contributed by atoms with van der Waals surface area (Å²) in [6.07, 6.45) is 8.57. The average Bonchev–Trinajstić information content (AvgIpc) is 3.54. The van der Waals surface area contributed by atoms with Crippen LogP contribution in [-0.2, 0) is 27.3 Å². The Labute approximate surface area is 358 Å². The van der Waals surface area contributed by atoms with Crippen molar-refractivity contribution in [1.29, 1.82) is 0 Å². The fourth-order valence-electron chi connectivity index (χ4n) is 8.15. The van der Waals surface area contributed by atoms with Crippen LogP contribution in [0, 0.1) is 6.92 Å². The van der Waals surface area contributed by atoms with E-state index >= 15 is 0 Å². The monoisotopic (exact) mass is 833 g/mol. The molecule has 3 N–H and O–H groups in total. The first-order chi connectivity index (χ1) is 30.1. The van der Waals surface area contributed by atoms with Gasteiger partial charge in [0.1, 0.15) is 6.04 Å². The van der Waals surface area contributed by atoms with Gasteiger partial charge in [-0.25, -0.2) is 9.97 Å². The zero-order chi connectivity index (χ0) is 43.2. The Morgan fingerprint density at radius 2 is 1.68 bits per heavy atom. The molecule has 15 nitrogen and oxygen atoms in total. The number of rotatable bonds is 14. The summed E-state index contributed by atoms with van der Waals surface area (Å²) >= 11 is 0. The van der Waals surface area contributed by atoms with Gasteiger partial charge in [0.15, 0.2) is 0 Å². The van der Waals surface area contributed by atoms with Crippen molar-refractivity contribution in [2.75, 3.05) is 36.8 Å². The van der Waals surface area contributed by atoms with Crippen LogP contribution in [0.5, 0.6) is 0 Å². The maximum absolute atomic E-state index is 13.4. The smallest absolute Gasteiger partial charge is 0.262 e. The number of nitrogens with zero attached hydrogens (tertiary/aromatic N) is 6. The van der Waals surface area contributed by atoms with Crippen LogP contribution in [0.3, 0.4) is 0 Å². The second-order valence-electron chi connectivity index (χ2n) is 15.8. The Balaban J connectivity index is 0.755. The molecule has 0 spiro atoms. The number of hydrogen-bond acceptors (Lipinski definition) is 11. The third-order valence-electron chi connectivity index (χ3n) is 11.6. The Kier molecular flexibility index (Phi) is 12.5. The van der Waals surface area contributed by atoms with Crippen molar-refractivity contribution in [2.45, 2.75) is 64.5 Å². The molecule has 5 aromatic rings. The van der Waals surface area contributed by atoms with E-state index in [4.69, 9.17) is 0 Å². The highest BCUT2D eigenvalue weighted by atomic mass is 16.2. The Bertz CT molecular complexity index is 2520. The number of unbranched alkanes of at least 4 members (excludes halogenated alkanes) is 2. The van der Waals surface area contributed by atoms with E-state index in [-0.39, 0.29) is 30.2 Å². The van der Waals surface area contributed by atoms with Crippen molar-refractivity contribution >= 4 is 52.8 Å². The summed E-state index contributed by atoms with van der Waals surface area (Å²) in [4.78, 5) is 95.3. The molecule has 5 heterocycles. The molecule has 3 aliphatic heterocycles. The summed E-state index contributed by atoms with van der Waals surface area (Å²) in [7, 11) is 0. The van der Waals surface area contributed by atoms with Crippen LogP contribution < -0.4 is 16.0 Å². The van der Waals surface area contributed by atoms with Crippen molar-refractivity contribution < 1.29 is 28.8 Å². The SMILES string of the molecule is Cc1ccc(NC(=O)c2ccc(CN3CCN(C(=O)CCCCCc4cccc5c4C(=O)N(C4CCC(=O)NC4=O)C5=O)CC3)cc2)cc1Nc1nccc(-c2cccnc2)n1. The van der Waals surface area contributed by atoms with Crippen molar-refractivity contribution in [3.8, 4) is 11.3 Å². The number of imide groups is 2. The quantitative estimate of drug-likeness (QED) is 0.0922. The van der Waals surface area contributed by atoms with E-state index < -0.39 is 29.7 Å². The van der Waals surface area contributed by atoms with Gasteiger partial charge in [-0.1, -0.05) is 36.8 Å². The van der Waals surface area contributed by atoms with Gasteiger partial charge < -0.3 is 15.5 Å². The predicted octanol–water partition coefficient (Wildman–Crippen LogP) is 5.69. The Morgan fingerprint density at radius 1 is 0.855 bits per heavy atom. The maximum Gasteiger partial charge on any atom is 0.262 e. The summed E-state index contributed by atoms with van der Waals surface area (Å²) in [5.41, 5.74) is 6.98. The molecule has 0 aliphatic carbocycles. The zero-order valence-corrected chi connectivity index (χ0v) is 34.4. The average molecular weight is 834 g/mol. The van der Waals surface area contributed by atoms with E-state index in [1.807, 2.05) is 78.6 Å². The molecule has 2 aromatic heterocycles. The number of piperazine rings is 1. The molecular weight excluding hydrogens is 787 g/mol. The number of aryl methyl sites for hydroxylation is 2. The van der Waals surface area contributed by atoms with E-state index in [2.05, 4.69) is 35.8 Å². The van der Waals surface area contributed by atoms with Crippen LogP contribution >= 0.6 is 0 Å². The van der Waals surface area contributed by atoms with Gasteiger partial charge in [0, 0.05) is 86.7 Å². The van der Waals surface area contributed by atoms with E-state index in [0.717, 1.165) is 64.5 Å². The number of aromatic nitrogens is 3. The molecule has 6 amide bonds. The molecular formula is C47H47N9O6. The van der Waals surface area contributed by atoms with Crippen molar-refractivity contribution in [3.05, 3.63) is 131 Å². The number of piperidine rings is 1. The van der Waals surface area contributed by atoms with E-state index in [9.17, 15) is 28.8 Å². The molecule has 2 saturated heterocycles.